The molecular weight excluding hydrogens is 612 g/mol. The summed E-state index contributed by atoms with van der Waals surface area (Å²) in [6, 6.07) is 27.3. The summed E-state index contributed by atoms with van der Waals surface area (Å²) in [6.07, 6.45) is 0. The number of nitrogens with zero attached hydrogens (tertiary/aromatic N) is 6. The van der Waals surface area contributed by atoms with Crippen LogP contribution in [-0.2, 0) is 0 Å². The Hall–Kier alpha value is -6.47. The zero-order chi connectivity index (χ0) is 31.9. The number of carboxylic acids is 1. The van der Waals surface area contributed by atoms with E-state index < -0.39 is 11.2 Å². The third-order valence-corrected chi connectivity index (χ3v) is 7.54. The summed E-state index contributed by atoms with van der Waals surface area (Å²) in [6.45, 7) is 0. The molecule has 4 heterocycles. The molecular formula is C32H19ClN8O5. The molecule has 8 aromatic rings. The summed E-state index contributed by atoms with van der Waals surface area (Å²) in [4.78, 5) is 47.1. The number of fused-ring (bicyclic) bond motifs is 6. The Morgan fingerprint density at radius 1 is 0.587 bits per heavy atom. The van der Waals surface area contributed by atoms with Crippen LogP contribution in [0.15, 0.2) is 107 Å². The highest BCUT2D eigenvalue weighted by atomic mass is 35.5. The van der Waals surface area contributed by atoms with E-state index in [0.717, 1.165) is 10.8 Å². The summed E-state index contributed by atoms with van der Waals surface area (Å²) in [7, 11) is 0. The first-order valence-electron chi connectivity index (χ1n) is 13.7. The highest BCUT2D eigenvalue weighted by Crippen LogP contribution is 2.20. The number of carbonyl (C=O) groups excluding carboxylic acids is 1. The van der Waals surface area contributed by atoms with Crippen molar-refractivity contribution in [3.05, 3.63) is 129 Å². The Bertz CT molecular complexity index is 2400. The largest absolute Gasteiger partial charge is 0.478 e. The number of halogens is 1. The first-order valence-corrected chi connectivity index (χ1v) is 14.0. The number of aromatic carboxylic acids is 1. The van der Waals surface area contributed by atoms with E-state index in [0.29, 0.717) is 39.0 Å². The number of aromatic nitrogens is 8. The molecule has 0 aliphatic rings. The summed E-state index contributed by atoms with van der Waals surface area (Å²) < 4.78 is 2.70. The van der Waals surface area contributed by atoms with Crippen LogP contribution >= 0.6 is 11.6 Å². The zero-order valence-electron chi connectivity index (χ0n) is 23.4. The van der Waals surface area contributed by atoms with Crippen LogP contribution in [0.3, 0.4) is 0 Å². The van der Waals surface area contributed by atoms with Crippen molar-refractivity contribution in [2.75, 3.05) is 0 Å². The van der Waals surface area contributed by atoms with Crippen LogP contribution in [0.1, 0.15) is 20.7 Å². The second-order valence-electron chi connectivity index (χ2n) is 10.1. The van der Waals surface area contributed by atoms with Gasteiger partial charge in [-0.05, 0) is 72.3 Å². The highest BCUT2D eigenvalue weighted by molar-refractivity contribution is 6.67. The first kappa shape index (κ1) is 28.3. The Kier molecular flexibility index (Phi) is 6.91. The molecule has 0 aliphatic heterocycles. The molecule has 46 heavy (non-hydrogen) atoms. The molecule has 0 fully saturated rings. The Morgan fingerprint density at radius 2 is 1.00 bits per heavy atom. The monoisotopic (exact) mass is 630 g/mol. The Balaban J connectivity index is 0.000000147. The summed E-state index contributed by atoms with van der Waals surface area (Å²) in [5.74, 6) is -1.02. The fourth-order valence-electron chi connectivity index (χ4n) is 5.03. The van der Waals surface area contributed by atoms with E-state index in [1.54, 1.807) is 36.4 Å². The van der Waals surface area contributed by atoms with Crippen LogP contribution in [0, 0.1) is 0 Å². The molecule has 0 unspecified atom stereocenters. The Morgan fingerprint density at radius 3 is 1.41 bits per heavy atom. The van der Waals surface area contributed by atoms with Gasteiger partial charge in [-0.25, -0.2) is 14.2 Å². The number of hydrogen-bond donors (Lipinski definition) is 3. The number of hydrogen-bond acceptors (Lipinski definition) is 8. The topological polar surface area (TPSA) is 182 Å². The number of carbonyl (C=O) groups is 2. The maximum Gasteiger partial charge on any atom is 0.335 e. The van der Waals surface area contributed by atoms with E-state index in [2.05, 4.69) is 30.6 Å². The number of benzene rings is 4. The van der Waals surface area contributed by atoms with Crippen molar-refractivity contribution >= 4 is 66.7 Å². The van der Waals surface area contributed by atoms with Gasteiger partial charge in [-0.15, -0.1) is 20.4 Å². The van der Waals surface area contributed by atoms with E-state index in [-0.39, 0.29) is 27.7 Å². The van der Waals surface area contributed by atoms with Crippen LogP contribution in [-0.4, -0.2) is 56.3 Å². The van der Waals surface area contributed by atoms with E-state index in [1.807, 2.05) is 48.5 Å². The van der Waals surface area contributed by atoms with Crippen LogP contribution in [0.2, 0.25) is 0 Å². The Labute approximate surface area is 261 Å². The second-order valence-corrected chi connectivity index (χ2v) is 10.4. The standard InChI is InChI=1S/C16H9ClN4O2.C16H10N4O3/c17-15(22)9-5-7-10(8-6-9)21-16(23)14-13(20-21)11-3-1-2-4-12(11)18-19-14;21-15-14-13(11-3-1-2-4-12(11)17-18-14)19-20(15)10-7-5-9(6-8-10)16(22)23/h1-8,20H;1-8,19H,(H,22,23). The molecule has 0 atom stereocenters. The fraction of sp³-hybridized carbons (Fsp3) is 0. The quantitative estimate of drug-likeness (QED) is 0.234. The lowest BCUT2D eigenvalue weighted by atomic mass is 10.2. The fourth-order valence-corrected chi connectivity index (χ4v) is 5.15. The summed E-state index contributed by atoms with van der Waals surface area (Å²) >= 11 is 5.43. The van der Waals surface area contributed by atoms with Crippen LogP contribution in [0.4, 0.5) is 0 Å². The molecule has 4 aromatic carbocycles. The van der Waals surface area contributed by atoms with E-state index in [4.69, 9.17) is 16.7 Å². The number of rotatable bonds is 4. The molecule has 0 radical (unpaired) electrons. The van der Waals surface area contributed by atoms with Crippen molar-refractivity contribution in [2.24, 2.45) is 0 Å². The van der Waals surface area contributed by atoms with Crippen molar-refractivity contribution in [1.82, 2.24) is 40.0 Å². The van der Waals surface area contributed by atoms with E-state index in [1.165, 1.54) is 21.5 Å². The van der Waals surface area contributed by atoms with E-state index >= 15 is 0 Å². The molecule has 0 amide bonds. The lowest BCUT2D eigenvalue weighted by Gasteiger charge is -2.01. The smallest absolute Gasteiger partial charge is 0.335 e. The van der Waals surface area contributed by atoms with Gasteiger partial charge in [0.1, 0.15) is 0 Å². The molecule has 14 heteroatoms. The van der Waals surface area contributed by atoms with Gasteiger partial charge in [-0.3, -0.25) is 24.6 Å². The third-order valence-electron chi connectivity index (χ3n) is 7.32. The van der Waals surface area contributed by atoms with Crippen molar-refractivity contribution < 1.29 is 14.7 Å². The van der Waals surface area contributed by atoms with Crippen molar-refractivity contribution in [3.63, 3.8) is 0 Å². The minimum atomic E-state index is -1.02. The highest BCUT2D eigenvalue weighted by Gasteiger charge is 2.15. The summed E-state index contributed by atoms with van der Waals surface area (Å²) in [5, 5.41) is 32.2. The SMILES string of the molecule is O=C(Cl)c1ccc(-n2[nH]c3c(nnc4ccccc43)c2=O)cc1.O=C(O)c1ccc(-n2[nH]c3c(nnc4ccccc43)c2=O)cc1. The maximum absolute atomic E-state index is 12.5. The third kappa shape index (κ3) is 4.86. The number of nitrogens with one attached hydrogen (secondary N) is 2. The molecule has 0 bridgehead atoms. The lowest BCUT2D eigenvalue weighted by Crippen LogP contribution is -2.15. The molecule has 224 valence electrons. The minimum absolute atomic E-state index is 0.156. The van der Waals surface area contributed by atoms with Crippen LogP contribution in [0.5, 0.6) is 0 Å². The van der Waals surface area contributed by atoms with Gasteiger partial charge in [-0.1, -0.05) is 36.4 Å². The van der Waals surface area contributed by atoms with Gasteiger partial charge in [0.25, 0.3) is 16.4 Å². The lowest BCUT2D eigenvalue weighted by molar-refractivity contribution is 0.0696. The number of carboxylic acid groups (broad SMARTS) is 1. The number of H-pyrrole nitrogens is 2. The average Bonchev–Trinajstić information content (AvgIpc) is 3.61. The minimum Gasteiger partial charge on any atom is -0.478 e. The number of aromatic amines is 2. The predicted molar refractivity (Wildman–Crippen MR) is 171 cm³/mol. The molecule has 8 rings (SSSR count). The van der Waals surface area contributed by atoms with Crippen molar-refractivity contribution in [1.29, 1.82) is 0 Å². The second kappa shape index (κ2) is 11.2. The van der Waals surface area contributed by atoms with Gasteiger partial charge in [0, 0.05) is 16.3 Å². The molecule has 13 nitrogen and oxygen atoms in total. The molecule has 0 aliphatic carbocycles. The van der Waals surface area contributed by atoms with E-state index in [9.17, 15) is 19.2 Å². The predicted octanol–water partition coefficient (Wildman–Crippen LogP) is 4.60. The molecule has 0 saturated heterocycles. The molecule has 0 spiro atoms. The average molecular weight is 631 g/mol. The molecule has 0 saturated carbocycles. The molecule has 3 N–H and O–H groups in total. The van der Waals surface area contributed by atoms with Crippen molar-refractivity contribution in [3.8, 4) is 11.4 Å². The van der Waals surface area contributed by atoms with Gasteiger partial charge in [-0.2, -0.15) is 0 Å². The first-order chi connectivity index (χ1) is 22.3. The zero-order valence-corrected chi connectivity index (χ0v) is 24.1. The van der Waals surface area contributed by atoms with Gasteiger partial charge < -0.3 is 5.11 Å². The van der Waals surface area contributed by atoms with Crippen LogP contribution < -0.4 is 11.1 Å². The van der Waals surface area contributed by atoms with Gasteiger partial charge in [0.05, 0.1) is 39.0 Å². The van der Waals surface area contributed by atoms with Gasteiger partial charge >= 0.3 is 5.97 Å². The van der Waals surface area contributed by atoms with Crippen LogP contribution in [0.25, 0.3) is 55.2 Å². The molecule has 4 aromatic heterocycles. The normalized spacial score (nSPS) is 11.2. The van der Waals surface area contributed by atoms with Gasteiger partial charge in [0.2, 0.25) is 0 Å². The summed E-state index contributed by atoms with van der Waals surface area (Å²) in [5.41, 5.74) is 4.12. The van der Waals surface area contributed by atoms with Gasteiger partial charge in [0.15, 0.2) is 11.0 Å². The van der Waals surface area contributed by atoms with Crippen molar-refractivity contribution in [2.45, 2.75) is 0 Å². The maximum atomic E-state index is 12.5.